The minimum atomic E-state index is -0.123. The molecule has 0 saturated heterocycles. The zero-order valence-electron chi connectivity index (χ0n) is 9.12. The third kappa shape index (κ3) is 2.40. The van der Waals surface area contributed by atoms with Crippen molar-refractivity contribution >= 4 is 5.91 Å². The van der Waals surface area contributed by atoms with Gasteiger partial charge in [-0.1, -0.05) is 6.07 Å². The van der Waals surface area contributed by atoms with Gasteiger partial charge in [0, 0.05) is 18.7 Å². The maximum Gasteiger partial charge on any atom is 0.251 e. The molecule has 0 fully saturated rings. The fourth-order valence-electron chi connectivity index (χ4n) is 1.89. The summed E-state index contributed by atoms with van der Waals surface area (Å²) in [5.74, 6) is -0.123. The third-order valence-electron chi connectivity index (χ3n) is 2.75. The molecule has 4 nitrogen and oxygen atoms in total. The number of hydrogen-bond acceptors (Lipinski definition) is 3. The number of fused-ring (bicyclic) bond motifs is 1. The van der Waals surface area contributed by atoms with Crippen LogP contribution in [-0.4, -0.2) is 30.7 Å². The fraction of sp³-hybridized carbons (Fsp3) is 0.417. The van der Waals surface area contributed by atoms with Gasteiger partial charge < -0.3 is 15.7 Å². The van der Waals surface area contributed by atoms with Crippen molar-refractivity contribution in [2.45, 2.75) is 13.0 Å². The van der Waals surface area contributed by atoms with Crippen LogP contribution in [0, 0.1) is 0 Å². The normalized spacial score (nSPS) is 14.3. The predicted octanol–water partition coefficient (Wildman–Crippen LogP) is 0.0544. The largest absolute Gasteiger partial charge is 0.395 e. The molecular formula is C12H16N2O2. The predicted molar refractivity (Wildman–Crippen MR) is 61.3 cm³/mol. The molecule has 16 heavy (non-hydrogen) atoms. The minimum absolute atomic E-state index is 0.0295. The molecule has 1 aromatic carbocycles. The van der Waals surface area contributed by atoms with Gasteiger partial charge in [0.05, 0.1) is 6.61 Å². The van der Waals surface area contributed by atoms with Crippen molar-refractivity contribution in [1.82, 2.24) is 10.6 Å². The molecule has 0 unspecified atom stereocenters. The van der Waals surface area contributed by atoms with E-state index in [4.69, 9.17) is 5.11 Å². The van der Waals surface area contributed by atoms with E-state index in [0.717, 1.165) is 19.5 Å². The Morgan fingerprint density at radius 2 is 2.31 bits per heavy atom. The lowest BCUT2D eigenvalue weighted by Gasteiger charge is -2.17. The van der Waals surface area contributed by atoms with Gasteiger partial charge in [-0.2, -0.15) is 0 Å². The molecule has 1 amide bonds. The van der Waals surface area contributed by atoms with E-state index in [9.17, 15) is 4.79 Å². The number of rotatable bonds is 3. The number of carbonyl (C=O) groups is 1. The van der Waals surface area contributed by atoms with E-state index in [1.807, 2.05) is 18.2 Å². The molecule has 86 valence electrons. The Labute approximate surface area is 94.7 Å². The average molecular weight is 220 g/mol. The fourth-order valence-corrected chi connectivity index (χ4v) is 1.89. The summed E-state index contributed by atoms with van der Waals surface area (Å²) in [6.45, 7) is 2.10. The standard InChI is InChI=1S/C12H16N2O2/c15-6-5-14-12(16)10-2-1-9-3-4-13-8-11(9)7-10/h1-2,7,13,15H,3-6,8H2,(H,14,16). The average Bonchev–Trinajstić information content (AvgIpc) is 2.35. The molecule has 0 atom stereocenters. The lowest BCUT2D eigenvalue weighted by atomic mass is 9.98. The highest BCUT2D eigenvalue weighted by atomic mass is 16.3. The molecule has 1 aliphatic heterocycles. The van der Waals surface area contributed by atoms with Crippen molar-refractivity contribution in [3.8, 4) is 0 Å². The second kappa shape index (κ2) is 5.09. The molecule has 0 aromatic heterocycles. The number of amides is 1. The van der Waals surface area contributed by atoms with Crippen molar-refractivity contribution in [1.29, 1.82) is 0 Å². The van der Waals surface area contributed by atoms with Gasteiger partial charge in [-0.15, -0.1) is 0 Å². The van der Waals surface area contributed by atoms with Crippen LogP contribution in [-0.2, 0) is 13.0 Å². The van der Waals surface area contributed by atoms with Crippen LogP contribution in [0.25, 0.3) is 0 Å². The van der Waals surface area contributed by atoms with Gasteiger partial charge in [-0.3, -0.25) is 4.79 Å². The first kappa shape index (κ1) is 11.1. The first-order valence-corrected chi connectivity index (χ1v) is 5.53. The van der Waals surface area contributed by atoms with Crippen LogP contribution in [0.3, 0.4) is 0 Å². The second-order valence-electron chi connectivity index (χ2n) is 3.89. The maximum absolute atomic E-state index is 11.6. The highest BCUT2D eigenvalue weighted by Crippen LogP contribution is 2.15. The van der Waals surface area contributed by atoms with Gasteiger partial charge in [-0.05, 0) is 36.2 Å². The van der Waals surface area contributed by atoms with E-state index < -0.39 is 0 Å². The first-order chi connectivity index (χ1) is 7.81. The number of carbonyl (C=O) groups excluding carboxylic acids is 1. The lowest BCUT2D eigenvalue weighted by Crippen LogP contribution is -2.28. The molecule has 1 aliphatic rings. The molecule has 0 radical (unpaired) electrons. The zero-order valence-corrected chi connectivity index (χ0v) is 9.12. The Bertz CT molecular complexity index is 391. The number of nitrogens with one attached hydrogen (secondary N) is 2. The molecule has 0 spiro atoms. The number of hydrogen-bond donors (Lipinski definition) is 3. The van der Waals surface area contributed by atoms with Crippen molar-refractivity contribution < 1.29 is 9.90 Å². The van der Waals surface area contributed by atoms with E-state index in [2.05, 4.69) is 10.6 Å². The topological polar surface area (TPSA) is 61.4 Å². The van der Waals surface area contributed by atoms with E-state index in [0.29, 0.717) is 12.1 Å². The smallest absolute Gasteiger partial charge is 0.251 e. The molecule has 2 rings (SSSR count). The SMILES string of the molecule is O=C(NCCO)c1ccc2c(c1)CNCC2. The van der Waals surface area contributed by atoms with Crippen molar-refractivity contribution in [2.75, 3.05) is 19.7 Å². The van der Waals surface area contributed by atoms with E-state index in [1.54, 1.807) is 0 Å². The van der Waals surface area contributed by atoms with Crippen LogP contribution in [0.1, 0.15) is 21.5 Å². The highest BCUT2D eigenvalue weighted by molar-refractivity contribution is 5.94. The molecule has 1 aromatic rings. The molecular weight excluding hydrogens is 204 g/mol. The van der Waals surface area contributed by atoms with Crippen LogP contribution in [0.5, 0.6) is 0 Å². The second-order valence-corrected chi connectivity index (χ2v) is 3.89. The lowest BCUT2D eigenvalue weighted by molar-refractivity contribution is 0.0944. The van der Waals surface area contributed by atoms with Gasteiger partial charge in [-0.25, -0.2) is 0 Å². The van der Waals surface area contributed by atoms with Crippen LogP contribution in [0.2, 0.25) is 0 Å². The Morgan fingerprint density at radius 3 is 3.12 bits per heavy atom. The highest BCUT2D eigenvalue weighted by Gasteiger charge is 2.11. The van der Waals surface area contributed by atoms with Gasteiger partial charge in [0.15, 0.2) is 0 Å². The summed E-state index contributed by atoms with van der Waals surface area (Å²) in [6, 6.07) is 5.79. The van der Waals surface area contributed by atoms with Gasteiger partial charge in [0.25, 0.3) is 5.91 Å². The Morgan fingerprint density at radius 1 is 1.44 bits per heavy atom. The molecule has 1 heterocycles. The summed E-state index contributed by atoms with van der Waals surface area (Å²) < 4.78 is 0. The summed E-state index contributed by atoms with van der Waals surface area (Å²) in [4.78, 5) is 11.6. The van der Waals surface area contributed by atoms with Crippen molar-refractivity contribution in [2.24, 2.45) is 0 Å². The quantitative estimate of drug-likeness (QED) is 0.674. The van der Waals surface area contributed by atoms with Gasteiger partial charge >= 0.3 is 0 Å². The Balaban J connectivity index is 2.13. The number of aliphatic hydroxyl groups is 1. The van der Waals surface area contributed by atoms with Crippen LogP contribution >= 0.6 is 0 Å². The maximum atomic E-state index is 11.6. The van der Waals surface area contributed by atoms with E-state index >= 15 is 0 Å². The minimum Gasteiger partial charge on any atom is -0.395 e. The Kier molecular flexibility index (Phi) is 3.54. The summed E-state index contributed by atoms with van der Waals surface area (Å²) in [5, 5.41) is 14.6. The third-order valence-corrected chi connectivity index (χ3v) is 2.75. The first-order valence-electron chi connectivity index (χ1n) is 5.53. The molecule has 0 saturated carbocycles. The number of benzene rings is 1. The zero-order chi connectivity index (χ0) is 11.4. The summed E-state index contributed by atoms with van der Waals surface area (Å²) in [7, 11) is 0. The Hall–Kier alpha value is -1.39. The molecule has 0 aliphatic carbocycles. The monoisotopic (exact) mass is 220 g/mol. The van der Waals surface area contributed by atoms with Gasteiger partial charge in [0.2, 0.25) is 0 Å². The van der Waals surface area contributed by atoms with Gasteiger partial charge in [0.1, 0.15) is 0 Å². The van der Waals surface area contributed by atoms with Crippen LogP contribution in [0.4, 0.5) is 0 Å². The van der Waals surface area contributed by atoms with Crippen molar-refractivity contribution in [3.63, 3.8) is 0 Å². The summed E-state index contributed by atoms with van der Waals surface area (Å²) in [6.07, 6.45) is 1.02. The molecule has 0 bridgehead atoms. The molecule has 3 N–H and O–H groups in total. The van der Waals surface area contributed by atoms with Crippen LogP contribution in [0.15, 0.2) is 18.2 Å². The summed E-state index contributed by atoms with van der Waals surface area (Å²) >= 11 is 0. The van der Waals surface area contributed by atoms with E-state index in [1.165, 1.54) is 11.1 Å². The molecule has 4 heteroatoms. The van der Waals surface area contributed by atoms with E-state index in [-0.39, 0.29) is 12.5 Å². The van der Waals surface area contributed by atoms with Crippen LogP contribution < -0.4 is 10.6 Å². The summed E-state index contributed by atoms with van der Waals surface area (Å²) in [5.41, 5.74) is 3.18. The number of aliphatic hydroxyl groups excluding tert-OH is 1. The van der Waals surface area contributed by atoms with Crippen molar-refractivity contribution in [3.05, 3.63) is 34.9 Å².